The maximum Gasteiger partial charge on any atom is 0.0822 e. The SMILES string of the molecule is C[Si](C)(C)C(c1cc(C([Si](C)(C)C)[Si](C)(C)C)c(-[si]2cc3cccc4c3c3c(cccc32)c[si]4-c2c(C([Si](C)(C)C)[Si](C)(C)C)cc(C([Si](C)(C)C)[Si](C)(C)C)cc2C([Si](C)(C)C)[Si](C)(C)C)c(C([Si](C)(C)C)[Si](C)(C)C)c1)[Si](C)(C)C. The average molecular weight is 1340 g/mol. The minimum atomic E-state index is -1.77. The van der Waals surface area contributed by atoms with Gasteiger partial charge >= 0.3 is 0 Å². The Balaban J connectivity index is 2.01. The molecule has 0 radical (unpaired) electrons. The van der Waals surface area contributed by atoms with Crippen LogP contribution in [0.25, 0.3) is 41.9 Å². The van der Waals surface area contributed by atoms with Gasteiger partial charge in [-0.25, -0.2) is 0 Å². The van der Waals surface area contributed by atoms with E-state index >= 15 is 0 Å². The minimum Gasteiger partial charge on any atom is -0.0693 e. The third-order valence-corrected chi connectivity index (χ3v) is 80.1. The lowest BCUT2D eigenvalue weighted by atomic mass is 10.1. The molecule has 0 amide bonds. The van der Waals surface area contributed by atoms with Crippen molar-refractivity contribution in [2.24, 2.45) is 0 Å². The third-order valence-electron chi connectivity index (χ3n) is 18.9. The molecular weight excluding hydrogens is 1210 g/mol. The first-order chi connectivity index (χ1) is 36.3. The van der Waals surface area contributed by atoms with Crippen molar-refractivity contribution in [1.29, 1.82) is 0 Å². The molecule has 0 aliphatic heterocycles. The fourth-order valence-electron chi connectivity index (χ4n) is 20.1. The number of hydrogen-bond acceptors (Lipinski definition) is 0. The largest absolute Gasteiger partial charge is 0.0822 e. The predicted molar refractivity (Wildman–Crippen MR) is 421 cm³/mol. The summed E-state index contributed by atoms with van der Waals surface area (Å²) in [5.74, 6) is 0. The van der Waals surface area contributed by atoms with Crippen molar-refractivity contribution in [2.45, 2.75) is 267 Å². The van der Waals surface area contributed by atoms with E-state index in [-0.39, 0.29) is 0 Å². The summed E-state index contributed by atoms with van der Waals surface area (Å²) in [6, 6.07) is 27.7. The molecule has 2 aromatic heterocycles. The Morgan fingerprint density at radius 3 is 0.598 bits per heavy atom. The quantitative estimate of drug-likeness (QED) is 0.0528. The van der Waals surface area contributed by atoms with E-state index in [4.69, 9.17) is 0 Å². The average Bonchev–Trinajstić information content (AvgIpc) is 3.33. The molecule has 0 saturated heterocycles. The first kappa shape index (κ1) is 70.7. The Hall–Kier alpha value is -0.344. The van der Waals surface area contributed by atoms with Crippen molar-refractivity contribution in [3.63, 3.8) is 0 Å². The van der Waals surface area contributed by atoms with Crippen molar-refractivity contribution >= 4 is 145 Å². The number of rotatable bonds is 20. The molecule has 0 atom stereocenters. The van der Waals surface area contributed by atoms with Crippen molar-refractivity contribution in [2.75, 3.05) is 0 Å². The van der Waals surface area contributed by atoms with E-state index in [1.165, 1.54) is 0 Å². The molecule has 6 aromatic rings. The molecule has 0 aliphatic rings. The van der Waals surface area contributed by atoms with E-state index in [9.17, 15) is 0 Å². The second kappa shape index (κ2) is 22.9. The molecular formula is C68H126Si14. The van der Waals surface area contributed by atoms with Gasteiger partial charge in [0.15, 0.2) is 0 Å². The van der Waals surface area contributed by atoms with Crippen LogP contribution in [0.5, 0.6) is 0 Å². The highest BCUT2D eigenvalue weighted by Gasteiger charge is 2.50. The van der Waals surface area contributed by atoms with Crippen LogP contribution in [0, 0.1) is 0 Å². The molecule has 6 rings (SSSR count). The second-order valence-corrected chi connectivity index (χ2v) is 111. The van der Waals surface area contributed by atoms with Crippen molar-refractivity contribution in [3.8, 4) is 10.4 Å². The van der Waals surface area contributed by atoms with Gasteiger partial charge < -0.3 is 0 Å². The Labute approximate surface area is 523 Å². The Kier molecular flexibility index (Phi) is 19.7. The molecule has 0 spiro atoms. The topological polar surface area (TPSA) is 0 Å². The zero-order valence-corrected chi connectivity index (χ0v) is 74.4. The minimum absolute atomic E-state index is 0.666. The van der Waals surface area contributed by atoms with E-state index in [1.807, 2.05) is 32.6 Å². The normalized spacial score (nSPS) is 15.0. The predicted octanol–water partition coefficient (Wildman–Crippen LogP) is 23.6. The van der Waals surface area contributed by atoms with Crippen LogP contribution in [0.1, 0.15) is 64.4 Å². The van der Waals surface area contributed by atoms with E-state index in [0.717, 1.165) is 0 Å². The van der Waals surface area contributed by atoms with Gasteiger partial charge in [0.05, 0.1) is 16.8 Å². The maximum atomic E-state index is 3.01. The summed E-state index contributed by atoms with van der Waals surface area (Å²) in [5.41, 5.74) is 16.9. The standard InChI is InChI=1S/C68H126Si14/c1-71(2,3)63(72(4,5)6)51-43-53(65(75(13,14)15)76(16,17)18)61(54(44-51)66(77(19,20)21)78(22,23)24)69-47-49-39-38-42-58-60(49)59-50(40-37-41-57(59)69)48-70(58)62-55(67(79(25,26)27)80(28,29)30)45-52(64(73(7,8)9)74(10,11)12)46-56(62)68(81(31,32)33)82(34,35)36/h37-48,63-68H,1-36H3. The van der Waals surface area contributed by atoms with Crippen LogP contribution in [0.4, 0.5) is 0 Å². The summed E-state index contributed by atoms with van der Waals surface area (Å²) in [6.45, 7) is 98.9. The fourth-order valence-corrected chi connectivity index (χ4v) is 104. The van der Waals surface area contributed by atoms with Gasteiger partial charge in [-0.15, -0.1) is 0 Å². The highest BCUT2D eigenvalue weighted by atomic mass is 28.4. The molecule has 2 heterocycles. The first-order valence-corrected chi connectivity index (χ1v) is 78.5. The van der Waals surface area contributed by atoms with Crippen molar-refractivity contribution in [3.05, 3.63) is 105 Å². The second-order valence-electron chi connectivity index (χ2n) is 39.8. The van der Waals surface area contributed by atoms with E-state index < -0.39 is 114 Å². The monoisotopic (exact) mass is 1330 g/mol. The molecule has 0 bridgehead atoms. The zero-order chi connectivity index (χ0) is 63.2. The van der Waals surface area contributed by atoms with Gasteiger partial charge in [-0.1, -0.05) is 308 Å². The smallest absolute Gasteiger partial charge is 0.0693 e. The molecule has 82 heavy (non-hydrogen) atoms. The van der Waals surface area contributed by atoms with Crippen LogP contribution in [0.3, 0.4) is 0 Å². The van der Waals surface area contributed by atoms with E-state index in [1.54, 1.807) is 42.7 Å². The Bertz CT molecular complexity index is 2880. The molecule has 454 valence electrons. The van der Waals surface area contributed by atoms with E-state index in [0.29, 0.717) is 31.0 Å². The Morgan fingerprint density at radius 1 is 0.244 bits per heavy atom. The summed E-state index contributed by atoms with van der Waals surface area (Å²) < 4.78 is 0. The van der Waals surface area contributed by atoms with Crippen LogP contribution in [-0.4, -0.2) is 114 Å². The molecule has 14 heteroatoms. The van der Waals surface area contributed by atoms with Gasteiger partial charge in [0.2, 0.25) is 0 Å². The lowest BCUT2D eigenvalue weighted by molar-refractivity contribution is 1.09. The molecule has 0 unspecified atom stereocenters. The molecule has 0 saturated carbocycles. The first-order valence-electron chi connectivity index (χ1n) is 32.4. The summed E-state index contributed by atoms with van der Waals surface area (Å²) in [4.78, 5) is 3.40. The van der Waals surface area contributed by atoms with Crippen molar-refractivity contribution in [1.82, 2.24) is 0 Å². The van der Waals surface area contributed by atoms with Crippen LogP contribution in [-0.2, 0) is 0 Å². The van der Waals surface area contributed by atoms with Gasteiger partial charge in [0.25, 0.3) is 0 Å². The van der Waals surface area contributed by atoms with Gasteiger partial charge in [-0.2, -0.15) is 0 Å². The molecule has 0 N–H and O–H groups in total. The highest BCUT2D eigenvalue weighted by molar-refractivity contribution is 7.01. The van der Waals surface area contributed by atoms with Crippen LogP contribution in [0.2, 0.25) is 236 Å². The highest BCUT2D eigenvalue weighted by Crippen LogP contribution is 2.53. The van der Waals surface area contributed by atoms with Crippen LogP contribution in [0.15, 0.2) is 72.0 Å². The van der Waals surface area contributed by atoms with Gasteiger partial charge in [0, 0.05) is 96.9 Å². The summed E-state index contributed by atoms with van der Waals surface area (Å²) in [7, 11) is -23.6. The maximum absolute atomic E-state index is 3.01. The summed E-state index contributed by atoms with van der Waals surface area (Å²) in [5, 5.41) is 14.2. The molecule has 0 fully saturated rings. The van der Waals surface area contributed by atoms with Crippen molar-refractivity contribution < 1.29 is 0 Å². The zero-order valence-electron chi connectivity index (χ0n) is 60.4. The van der Waals surface area contributed by atoms with Gasteiger partial charge in [0.1, 0.15) is 0 Å². The van der Waals surface area contributed by atoms with Crippen LogP contribution >= 0.6 is 0 Å². The fraction of sp³-hybridized carbons (Fsp3) is 0.618. The molecule has 4 aromatic carbocycles. The lowest BCUT2D eigenvalue weighted by Gasteiger charge is -2.46. The van der Waals surface area contributed by atoms with Crippen LogP contribution < -0.4 is 0 Å². The molecule has 0 aliphatic carbocycles. The number of benzene rings is 4. The summed E-state index contributed by atoms with van der Waals surface area (Å²) >= 11 is 0. The third kappa shape index (κ3) is 14.6. The number of hydrogen-bond donors (Lipinski definition) is 0. The summed E-state index contributed by atoms with van der Waals surface area (Å²) in [6.07, 6.45) is 0. The van der Waals surface area contributed by atoms with Gasteiger partial charge in [-0.3, -0.25) is 0 Å². The van der Waals surface area contributed by atoms with Gasteiger partial charge in [-0.05, 0) is 106 Å². The molecule has 0 nitrogen and oxygen atoms in total. The lowest BCUT2D eigenvalue weighted by Crippen LogP contribution is -2.50. The Morgan fingerprint density at radius 2 is 0.427 bits per heavy atom. The van der Waals surface area contributed by atoms with E-state index in [2.05, 4.69) is 308 Å².